The van der Waals surface area contributed by atoms with Gasteiger partial charge in [-0.15, -0.1) is 5.53 Å². The molecule has 4 heterocycles. The minimum Gasteiger partial charge on any atom is -0.378 e. The Morgan fingerprint density at radius 3 is 2.63 bits per heavy atom. The van der Waals surface area contributed by atoms with E-state index >= 15 is 0 Å². The summed E-state index contributed by atoms with van der Waals surface area (Å²) in [6, 6.07) is 19.1. The lowest BCUT2D eigenvalue weighted by molar-refractivity contribution is -0.0695. The van der Waals surface area contributed by atoms with E-state index in [-0.39, 0.29) is 12.1 Å². The molecule has 0 radical (unpaired) electrons. The van der Waals surface area contributed by atoms with Crippen LogP contribution in [0.25, 0.3) is 10.9 Å². The molecule has 1 fully saturated rings. The largest absolute Gasteiger partial charge is 0.378 e. The number of aryl methyl sites for hydroxylation is 1. The van der Waals surface area contributed by atoms with Crippen LogP contribution in [-0.2, 0) is 17.7 Å². The topological polar surface area (TPSA) is 101 Å². The third-order valence-corrected chi connectivity index (χ3v) is 9.75. The van der Waals surface area contributed by atoms with Gasteiger partial charge in [0, 0.05) is 53.3 Å². The molecule has 3 aromatic carbocycles. The van der Waals surface area contributed by atoms with Crippen molar-refractivity contribution in [2.24, 2.45) is 0 Å². The number of benzene rings is 3. The molecule has 9 nitrogen and oxygen atoms in total. The number of rotatable bonds is 8. The maximum Gasteiger partial charge on any atom is 0.103 e. The molecule has 4 aromatic rings. The van der Waals surface area contributed by atoms with Crippen molar-refractivity contribution in [2.45, 2.75) is 51.9 Å². The summed E-state index contributed by atoms with van der Waals surface area (Å²) in [5.41, 5.74) is 15.8. The van der Waals surface area contributed by atoms with Crippen molar-refractivity contribution in [1.29, 1.82) is 5.26 Å². The first kappa shape index (κ1) is 30.6. The van der Waals surface area contributed by atoms with Crippen molar-refractivity contribution in [3.8, 4) is 6.07 Å². The lowest BCUT2D eigenvalue weighted by Gasteiger charge is -2.40. The van der Waals surface area contributed by atoms with Crippen LogP contribution in [0.2, 0.25) is 10.0 Å². The van der Waals surface area contributed by atoms with Crippen LogP contribution >= 0.6 is 23.2 Å². The molecule has 46 heavy (non-hydrogen) atoms. The smallest absolute Gasteiger partial charge is 0.103 e. The van der Waals surface area contributed by atoms with Gasteiger partial charge >= 0.3 is 0 Å². The predicted octanol–water partition coefficient (Wildman–Crippen LogP) is 6.95. The zero-order valence-electron chi connectivity index (χ0n) is 26.0. The fraction of sp³-hybridized carbons (Fsp3) is 0.314. The fourth-order valence-corrected chi connectivity index (χ4v) is 6.76. The van der Waals surface area contributed by atoms with E-state index in [4.69, 9.17) is 27.9 Å². The molecule has 3 aliphatic rings. The molecule has 0 saturated carbocycles. The number of ether oxygens (including phenoxy) is 1. The Balaban J connectivity index is 1.30. The summed E-state index contributed by atoms with van der Waals surface area (Å²) in [4.78, 5) is 7.09. The third-order valence-electron chi connectivity index (χ3n) is 9.05. The van der Waals surface area contributed by atoms with Crippen molar-refractivity contribution < 1.29 is 4.74 Å². The molecule has 1 aromatic heterocycles. The molecule has 0 amide bonds. The second kappa shape index (κ2) is 12.6. The van der Waals surface area contributed by atoms with Gasteiger partial charge in [0.25, 0.3) is 0 Å². The van der Waals surface area contributed by atoms with Crippen LogP contribution in [0.15, 0.2) is 66.6 Å². The third kappa shape index (κ3) is 5.83. The molecule has 0 spiro atoms. The number of anilines is 3. The number of hydrazine groups is 2. The highest BCUT2D eigenvalue weighted by Crippen LogP contribution is 2.39. The minimum atomic E-state index is -0.210. The van der Waals surface area contributed by atoms with Crippen LogP contribution in [-0.4, -0.2) is 46.7 Å². The number of nitrogens with zero attached hydrogens (tertiary/aromatic N) is 4. The number of aromatic nitrogens is 1. The first-order valence-electron chi connectivity index (χ1n) is 15.5. The van der Waals surface area contributed by atoms with Crippen LogP contribution in [0.4, 0.5) is 17.1 Å². The quantitative estimate of drug-likeness (QED) is 0.161. The Kier molecular flexibility index (Phi) is 8.40. The van der Waals surface area contributed by atoms with E-state index in [0.29, 0.717) is 32.9 Å². The van der Waals surface area contributed by atoms with Gasteiger partial charge in [-0.1, -0.05) is 47.5 Å². The molecule has 3 aliphatic heterocycles. The van der Waals surface area contributed by atoms with Gasteiger partial charge in [0.2, 0.25) is 0 Å². The molecule has 7 rings (SSSR count). The normalized spacial score (nSPS) is 17.2. The zero-order valence-corrected chi connectivity index (χ0v) is 27.5. The Bertz CT molecular complexity index is 1880. The van der Waals surface area contributed by atoms with Crippen molar-refractivity contribution >= 4 is 51.2 Å². The number of pyridine rings is 1. The van der Waals surface area contributed by atoms with E-state index in [1.807, 2.05) is 37.3 Å². The van der Waals surface area contributed by atoms with Gasteiger partial charge in [-0.3, -0.25) is 14.9 Å². The molecule has 0 bridgehead atoms. The first-order valence-corrected chi connectivity index (χ1v) is 16.3. The summed E-state index contributed by atoms with van der Waals surface area (Å²) >= 11 is 13.3. The number of hydrogen-bond donors (Lipinski definition) is 4. The number of hydrogen-bond acceptors (Lipinski definition) is 9. The first-order chi connectivity index (χ1) is 22.3. The average molecular weight is 656 g/mol. The van der Waals surface area contributed by atoms with Gasteiger partial charge in [-0.25, -0.2) is 0 Å². The standard InChI is InChI=1S/C35H36Cl2N8O/c1-20(2)45-17-32(42-43-45)35(28-6-4-5-22-16-44(10-9-27(22)28)26-18-46-19-26)41-25-11-29-33(40-24-8-7-21(3)30(36)12-24)23(14-38)15-39-34(29)31(37)13-25/h4-8,11-13,15,17,20,26,35,41-43H,9-10,16,18-19H2,1-3H3,(H,39,40)/t35-/m0/s1. The van der Waals surface area contributed by atoms with Gasteiger partial charge in [-0.2, -0.15) is 5.26 Å². The van der Waals surface area contributed by atoms with E-state index in [0.717, 1.165) is 60.7 Å². The SMILES string of the molecule is Cc1ccc(Nc2c(C#N)cnc3c(Cl)cc(N[C@H](C4=CN(C(C)C)NN4)c4cccc5c4CCN(C4COC4)C5)cc23)cc1Cl. The van der Waals surface area contributed by atoms with E-state index in [1.165, 1.54) is 16.7 Å². The summed E-state index contributed by atoms with van der Waals surface area (Å²) < 4.78 is 5.48. The molecule has 1 atom stereocenters. The number of nitrogens with one attached hydrogen (secondary N) is 4. The van der Waals surface area contributed by atoms with Crippen LogP contribution in [0, 0.1) is 18.3 Å². The van der Waals surface area contributed by atoms with Crippen LogP contribution < -0.4 is 21.6 Å². The van der Waals surface area contributed by atoms with Crippen LogP contribution in [0.1, 0.15) is 47.7 Å². The minimum absolute atomic E-state index is 0.210. The summed E-state index contributed by atoms with van der Waals surface area (Å²) in [7, 11) is 0. The van der Waals surface area contributed by atoms with E-state index in [1.54, 1.807) is 6.20 Å². The van der Waals surface area contributed by atoms with Gasteiger partial charge in [-0.05, 0) is 73.7 Å². The lowest BCUT2D eigenvalue weighted by Crippen LogP contribution is -2.50. The highest BCUT2D eigenvalue weighted by molar-refractivity contribution is 6.36. The zero-order chi connectivity index (χ0) is 31.9. The van der Waals surface area contributed by atoms with E-state index < -0.39 is 0 Å². The average Bonchev–Trinajstić information content (AvgIpc) is 3.51. The van der Waals surface area contributed by atoms with Crippen LogP contribution in [0.3, 0.4) is 0 Å². The fourth-order valence-electron chi connectivity index (χ4n) is 6.31. The molecule has 4 N–H and O–H groups in total. The van der Waals surface area contributed by atoms with Crippen molar-refractivity contribution in [3.05, 3.63) is 104 Å². The molecule has 1 saturated heterocycles. The predicted molar refractivity (Wildman–Crippen MR) is 184 cm³/mol. The highest BCUT2D eigenvalue weighted by Gasteiger charge is 2.32. The van der Waals surface area contributed by atoms with Crippen LogP contribution in [0.5, 0.6) is 0 Å². The Hall–Kier alpha value is -4.04. The molecular weight excluding hydrogens is 619 g/mol. The second-order valence-electron chi connectivity index (χ2n) is 12.4. The van der Waals surface area contributed by atoms with Gasteiger partial charge in [0.05, 0.1) is 52.8 Å². The molecule has 0 aliphatic carbocycles. The maximum absolute atomic E-state index is 10.0. The van der Waals surface area contributed by atoms with Gasteiger partial charge in [0.15, 0.2) is 0 Å². The summed E-state index contributed by atoms with van der Waals surface area (Å²) in [5, 5.41) is 21.2. The Morgan fingerprint density at radius 1 is 1.09 bits per heavy atom. The van der Waals surface area contributed by atoms with Gasteiger partial charge < -0.3 is 20.8 Å². The number of fused-ring (bicyclic) bond motifs is 2. The highest BCUT2D eigenvalue weighted by atomic mass is 35.5. The van der Waals surface area contributed by atoms with E-state index in [9.17, 15) is 5.26 Å². The summed E-state index contributed by atoms with van der Waals surface area (Å²) in [6.45, 7) is 9.76. The van der Waals surface area contributed by atoms with Crippen molar-refractivity contribution in [3.63, 3.8) is 0 Å². The monoisotopic (exact) mass is 654 g/mol. The summed E-state index contributed by atoms with van der Waals surface area (Å²) in [6.07, 6.45) is 4.63. The van der Waals surface area contributed by atoms with Gasteiger partial charge in [0.1, 0.15) is 6.07 Å². The Morgan fingerprint density at radius 2 is 1.91 bits per heavy atom. The second-order valence-corrected chi connectivity index (χ2v) is 13.2. The molecule has 0 unspecified atom stereocenters. The Labute approximate surface area is 279 Å². The van der Waals surface area contributed by atoms with E-state index in [2.05, 4.69) is 80.8 Å². The number of halogens is 2. The molecular formula is C35H36Cl2N8O. The van der Waals surface area contributed by atoms with Crippen molar-refractivity contribution in [2.75, 3.05) is 30.4 Å². The maximum atomic E-state index is 10.0. The number of nitriles is 1. The molecule has 11 heteroatoms. The summed E-state index contributed by atoms with van der Waals surface area (Å²) in [5.74, 6) is 0. The molecule has 236 valence electrons. The van der Waals surface area contributed by atoms with Crippen molar-refractivity contribution in [1.82, 2.24) is 25.9 Å². The lowest BCUT2D eigenvalue weighted by atomic mass is 9.89.